The summed E-state index contributed by atoms with van der Waals surface area (Å²) in [6, 6.07) is 5.00. The van der Waals surface area contributed by atoms with Crippen LogP contribution in [0.1, 0.15) is 0 Å². The first-order valence-electron chi connectivity index (χ1n) is 5.58. The Kier molecular flexibility index (Phi) is 3.35. The highest BCUT2D eigenvalue weighted by atomic mass is 127. The van der Waals surface area contributed by atoms with Crippen LogP contribution in [-0.4, -0.2) is 19.6 Å². The summed E-state index contributed by atoms with van der Waals surface area (Å²) in [5, 5.41) is 10.4. The van der Waals surface area contributed by atoms with Crippen LogP contribution in [0.3, 0.4) is 0 Å². The van der Waals surface area contributed by atoms with Crippen molar-refractivity contribution in [2.24, 2.45) is 0 Å². The Balaban J connectivity index is 2.41. The van der Waals surface area contributed by atoms with Gasteiger partial charge in [-0.15, -0.1) is 0 Å². The Morgan fingerprint density at radius 1 is 1.40 bits per heavy atom. The fourth-order valence-electron chi connectivity index (χ4n) is 1.89. The second kappa shape index (κ2) is 5.02. The minimum absolute atomic E-state index is 0.0413. The van der Waals surface area contributed by atoms with Crippen LogP contribution < -0.4 is 5.56 Å². The number of benzene rings is 1. The zero-order valence-electron chi connectivity index (χ0n) is 9.92. The summed E-state index contributed by atoms with van der Waals surface area (Å²) in [6.45, 7) is 0. The van der Waals surface area contributed by atoms with E-state index in [1.807, 2.05) is 22.6 Å². The zero-order chi connectivity index (χ0) is 14.3. The molecule has 3 rings (SSSR count). The Morgan fingerprint density at radius 3 is 2.90 bits per heavy atom. The summed E-state index contributed by atoms with van der Waals surface area (Å²) in [4.78, 5) is 20.6. The Labute approximate surface area is 132 Å². The molecule has 0 aliphatic rings. The minimum Gasteiger partial charge on any atom is -0.505 e. The van der Waals surface area contributed by atoms with Crippen LogP contribution in [0.25, 0.3) is 16.6 Å². The van der Waals surface area contributed by atoms with E-state index in [0.717, 1.165) is 0 Å². The van der Waals surface area contributed by atoms with Gasteiger partial charge in [0.2, 0.25) is 0 Å². The van der Waals surface area contributed by atoms with Crippen LogP contribution in [0.2, 0.25) is 5.02 Å². The maximum atomic E-state index is 12.5. The highest BCUT2D eigenvalue weighted by molar-refractivity contribution is 14.1. The first-order valence-corrected chi connectivity index (χ1v) is 7.04. The largest absolute Gasteiger partial charge is 0.505 e. The highest BCUT2D eigenvalue weighted by Crippen LogP contribution is 2.31. The molecule has 0 aliphatic carbocycles. The lowest BCUT2D eigenvalue weighted by Crippen LogP contribution is -2.19. The van der Waals surface area contributed by atoms with Crippen LogP contribution in [0, 0.1) is 3.57 Å². The average Bonchev–Trinajstić information content (AvgIpc) is 2.45. The van der Waals surface area contributed by atoms with E-state index in [9.17, 15) is 9.90 Å². The van der Waals surface area contributed by atoms with E-state index in [0.29, 0.717) is 9.26 Å². The Morgan fingerprint density at radius 2 is 2.20 bits per heavy atom. The van der Waals surface area contributed by atoms with Crippen molar-refractivity contribution >= 4 is 45.1 Å². The van der Waals surface area contributed by atoms with Crippen LogP contribution in [0.15, 0.2) is 41.7 Å². The topological polar surface area (TPSA) is 68.0 Å². The molecule has 100 valence electrons. The molecule has 2 aromatic heterocycles. The lowest BCUT2D eigenvalue weighted by molar-refractivity contribution is 0.476. The average molecular weight is 400 g/mol. The van der Waals surface area contributed by atoms with Crippen molar-refractivity contribution in [3.8, 4) is 11.4 Å². The van der Waals surface area contributed by atoms with Crippen molar-refractivity contribution < 1.29 is 5.11 Å². The molecule has 0 aliphatic heterocycles. The summed E-state index contributed by atoms with van der Waals surface area (Å²) in [7, 11) is 0. The van der Waals surface area contributed by atoms with E-state index in [4.69, 9.17) is 11.6 Å². The molecule has 0 amide bonds. The minimum atomic E-state index is -0.347. The quantitative estimate of drug-likeness (QED) is 0.639. The lowest BCUT2D eigenvalue weighted by atomic mass is 10.2. The molecule has 0 fully saturated rings. The lowest BCUT2D eigenvalue weighted by Gasteiger charge is -2.08. The first-order chi connectivity index (χ1) is 9.59. The molecule has 7 heteroatoms. The third-order valence-corrected chi connectivity index (χ3v) is 3.96. The summed E-state index contributed by atoms with van der Waals surface area (Å²) in [5.74, 6) is -0.0413. The number of fused-ring (bicyclic) bond motifs is 1. The van der Waals surface area contributed by atoms with E-state index < -0.39 is 0 Å². The van der Waals surface area contributed by atoms with Crippen molar-refractivity contribution in [1.82, 2.24) is 14.5 Å². The SMILES string of the molecule is O=c1c2c(Cl)cc(I)c(O)c2ncn1-c1cccnc1. The van der Waals surface area contributed by atoms with Gasteiger partial charge in [0.15, 0.2) is 5.75 Å². The molecular weight excluding hydrogens is 393 g/mol. The number of rotatable bonds is 1. The summed E-state index contributed by atoms with van der Waals surface area (Å²) >= 11 is 8.05. The molecule has 0 radical (unpaired) electrons. The third kappa shape index (κ3) is 2.04. The summed E-state index contributed by atoms with van der Waals surface area (Å²) in [6.07, 6.45) is 4.52. The molecule has 5 nitrogen and oxygen atoms in total. The van der Waals surface area contributed by atoms with Crippen LogP contribution in [0.4, 0.5) is 0 Å². The van der Waals surface area contributed by atoms with E-state index in [1.54, 1.807) is 24.5 Å². The third-order valence-electron chi connectivity index (χ3n) is 2.84. The summed E-state index contributed by atoms with van der Waals surface area (Å²) in [5.41, 5.74) is 0.438. The number of hydrogen-bond donors (Lipinski definition) is 1. The van der Waals surface area contributed by atoms with Gasteiger partial charge in [-0.05, 0) is 40.8 Å². The van der Waals surface area contributed by atoms with Gasteiger partial charge in [-0.2, -0.15) is 0 Å². The van der Waals surface area contributed by atoms with Gasteiger partial charge < -0.3 is 5.11 Å². The van der Waals surface area contributed by atoms with Crippen LogP contribution in [-0.2, 0) is 0 Å². The predicted octanol–water partition coefficient (Wildman–Crippen LogP) is 2.74. The monoisotopic (exact) mass is 399 g/mol. The molecule has 0 saturated heterocycles. The highest BCUT2D eigenvalue weighted by Gasteiger charge is 2.15. The van der Waals surface area contributed by atoms with Gasteiger partial charge in [-0.3, -0.25) is 14.3 Å². The van der Waals surface area contributed by atoms with Gasteiger partial charge >= 0.3 is 0 Å². The van der Waals surface area contributed by atoms with Crippen LogP contribution in [0.5, 0.6) is 5.75 Å². The van der Waals surface area contributed by atoms with Crippen molar-refractivity contribution in [3.63, 3.8) is 0 Å². The molecular formula is C13H7ClIN3O2. The number of hydrogen-bond acceptors (Lipinski definition) is 4. The second-order valence-electron chi connectivity index (χ2n) is 4.04. The predicted molar refractivity (Wildman–Crippen MR) is 84.5 cm³/mol. The normalized spacial score (nSPS) is 10.9. The molecule has 20 heavy (non-hydrogen) atoms. The molecule has 1 aromatic carbocycles. The van der Waals surface area contributed by atoms with E-state index in [1.165, 1.54) is 17.0 Å². The van der Waals surface area contributed by atoms with Crippen LogP contribution >= 0.6 is 34.2 Å². The van der Waals surface area contributed by atoms with Gasteiger partial charge in [0.1, 0.15) is 11.8 Å². The number of phenols is 1. The zero-order valence-corrected chi connectivity index (χ0v) is 12.8. The molecule has 1 N–H and O–H groups in total. The standard InChI is InChI=1S/C13H7ClIN3O2/c14-8-4-9(15)12(19)11-10(8)13(20)18(6-17-11)7-2-1-3-16-5-7/h1-6,19H. The fraction of sp³-hybridized carbons (Fsp3) is 0. The maximum absolute atomic E-state index is 12.5. The fourth-order valence-corrected chi connectivity index (χ4v) is 2.92. The van der Waals surface area contributed by atoms with Crippen molar-refractivity contribution in [2.75, 3.05) is 0 Å². The first kappa shape index (κ1) is 13.3. The Hall–Kier alpha value is -1.67. The van der Waals surface area contributed by atoms with E-state index in [2.05, 4.69) is 9.97 Å². The second-order valence-corrected chi connectivity index (χ2v) is 5.61. The number of aromatic hydroxyl groups is 1. The van der Waals surface area contributed by atoms with Gasteiger partial charge in [0.25, 0.3) is 5.56 Å². The molecule has 0 atom stereocenters. The van der Waals surface area contributed by atoms with E-state index in [-0.39, 0.29) is 27.2 Å². The molecule has 3 aromatic rings. The summed E-state index contributed by atoms with van der Waals surface area (Å²) < 4.78 is 1.89. The van der Waals surface area contributed by atoms with Crippen molar-refractivity contribution in [3.05, 3.63) is 55.9 Å². The van der Waals surface area contributed by atoms with Crippen molar-refractivity contribution in [2.45, 2.75) is 0 Å². The number of halogens is 2. The van der Waals surface area contributed by atoms with Gasteiger partial charge in [-0.1, -0.05) is 11.6 Å². The maximum Gasteiger partial charge on any atom is 0.267 e. The van der Waals surface area contributed by atoms with Crippen molar-refractivity contribution in [1.29, 1.82) is 0 Å². The molecule has 0 unspecified atom stereocenters. The molecule has 2 heterocycles. The number of pyridine rings is 1. The smallest absolute Gasteiger partial charge is 0.267 e. The Bertz CT molecular complexity index is 865. The van der Waals surface area contributed by atoms with Gasteiger partial charge in [0, 0.05) is 6.20 Å². The molecule has 0 spiro atoms. The number of nitrogens with zero attached hydrogens (tertiary/aromatic N) is 3. The van der Waals surface area contributed by atoms with Gasteiger partial charge in [0.05, 0.1) is 25.9 Å². The van der Waals surface area contributed by atoms with Gasteiger partial charge in [-0.25, -0.2) is 4.98 Å². The van der Waals surface area contributed by atoms with E-state index >= 15 is 0 Å². The number of phenolic OH excluding ortho intramolecular Hbond substituents is 1. The number of aromatic nitrogens is 3. The molecule has 0 saturated carbocycles. The molecule has 0 bridgehead atoms.